The minimum atomic E-state index is 0.222. The van der Waals surface area contributed by atoms with Crippen molar-refractivity contribution >= 4 is 5.78 Å². The fourth-order valence-corrected chi connectivity index (χ4v) is 1.44. The Balaban J connectivity index is 2.27. The number of rotatable bonds is 2. The van der Waals surface area contributed by atoms with Gasteiger partial charge in [0.05, 0.1) is 0 Å². The summed E-state index contributed by atoms with van der Waals surface area (Å²) in [6.07, 6.45) is 2.48. The van der Waals surface area contributed by atoms with Crippen molar-refractivity contribution in [2.45, 2.75) is 26.2 Å². The first kappa shape index (κ1) is 9.28. The zero-order valence-corrected chi connectivity index (χ0v) is 7.52. The first-order chi connectivity index (χ1) is 5.84. The number of hydrogen-bond acceptors (Lipinski definition) is 2. The van der Waals surface area contributed by atoms with Gasteiger partial charge in [0.15, 0.2) is 0 Å². The SMILES string of the molecule is CC#CCCC1CNCCC1=O. The highest BCUT2D eigenvalue weighted by Gasteiger charge is 2.20. The van der Waals surface area contributed by atoms with Crippen LogP contribution in [0.3, 0.4) is 0 Å². The van der Waals surface area contributed by atoms with Crippen LogP contribution in [0.4, 0.5) is 0 Å². The van der Waals surface area contributed by atoms with Crippen LogP contribution in [-0.2, 0) is 4.79 Å². The van der Waals surface area contributed by atoms with Crippen molar-refractivity contribution in [2.75, 3.05) is 13.1 Å². The van der Waals surface area contributed by atoms with Crippen LogP contribution in [0.15, 0.2) is 0 Å². The van der Waals surface area contributed by atoms with Crippen LogP contribution >= 0.6 is 0 Å². The van der Waals surface area contributed by atoms with Crippen molar-refractivity contribution in [1.29, 1.82) is 0 Å². The molecule has 1 rings (SSSR count). The Labute approximate surface area is 73.7 Å². The van der Waals surface area contributed by atoms with Gasteiger partial charge in [0.25, 0.3) is 0 Å². The number of hydrogen-bond donors (Lipinski definition) is 1. The summed E-state index contributed by atoms with van der Waals surface area (Å²) >= 11 is 0. The second-order valence-electron chi connectivity index (χ2n) is 3.08. The Hall–Kier alpha value is -0.810. The second kappa shape index (κ2) is 4.95. The van der Waals surface area contributed by atoms with E-state index in [0.29, 0.717) is 12.2 Å². The molecule has 1 atom stereocenters. The van der Waals surface area contributed by atoms with Crippen LogP contribution in [0.25, 0.3) is 0 Å². The zero-order valence-electron chi connectivity index (χ0n) is 7.52. The van der Waals surface area contributed by atoms with E-state index in [2.05, 4.69) is 17.2 Å². The predicted molar refractivity (Wildman–Crippen MR) is 48.7 cm³/mol. The molecule has 0 saturated carbocycles. The standard InChI is InChI=1S/C10H15NO/c1-2-3-4-5-9-8-11-7-6-10(9)12/h9,11H,4-8H2,1H3. The molecule has 0 bridgehead atoms. The quantitative estimate of drug-likeness (QED) is 0.618. The molecule has 2 nitrogen and oxygen atoms in total. The van der Waals surface area contributed by atoms with E-state index >= 15 is 0 Å². The maximum Gasteiger partial charge on any atom is 0.138 e. The highest BCUT2D eigenvalue weighted by atomic mass is 16.1. The normalized spacial score (nSPS) is 23.1. The van der Waals surface area contributed by atoms with Gasteiger partial charge in [0.2, 0.25) is 0 Å². The Morgan fingerprint density at radius 1 is 1.67 bits per heavy atom. The average molecular weight is 165 g/mol. The molecule has 0 aromatic carbocycles. The summed E-state index contributed by atoms with van der Waals surface area (Å²) in [5, 5.41) is 3.22. The summed E-state index contributed by atoms with van der Waals surface area (Å²) in [4.78, 5) is 11.3. The molecule has 1 heterocycles. The molecule has 12 heavy (non-hydrogen) atoms. The molecule has 1 fully saturated rings. The van der Waals surface area contributed by atoms with Crippen molar-refractivity contribution < 1.29 is 4.79 Å². The molecule has 0 aromatic heterocycles. The molecule has 0 amide bonds. The van der Waals surface area contributed by atoms with Gasteiger partial charge in [-0.3, -0.25) is 4.79 Å². The molecular formula is C10H15NO. The maximum absolute atomic E-state index is 11.3. The van der Waals surface area contributed by atoms with Gasteiger partial charge in [-0.1, -0.05) is 0 Å². The van der Waals surface area contributed by atoms with Crippen molar-refractivity contribution in [2.24, 2.45) is 5.92 Å². The van der Waals surface area contributed by atoms with Crippen molar-refractivity contribution in [3.05, 3.63) is 0 Å². The Kier molecular flexibility index (Phi) is 3.83. The van der Waals surface area contributed by atoms with Gasteiger partial charge in [0, 0.05) is 31.8 Å². The summed E-state index contributed by atoms with van der Waals surface area (Å²) < 4.78 is 0. The summed E-state index contributed by atoms with van der Waals surface area (Å²) in [6, 6.07) is 0. The molecular weight excluding hydrogens is 150 g/mol. The van der Waals surface area contributed by atoms with E-state index < -0.39 is 0 Å². The Bertz CT molecular complexity index is 212. The molecule has 0 aromatic rings. The van der Waals surface area contributed by atoms with E-state index in [1.54, 1.807) is 0 Å². The van der Waals surface area contributed by atoms with Crippen molar-refractivity contribution in [3.63, 3.8) is 0 Å². The van der Waals surface area contributed by atoms with Crippen LogP contribution < -0.4 is 5.32 Å². The summed E-state index contributed by atoms with van der Waals surface area (Å²) in [6.45, 7) is 3.54. The molecule has 1 unspecified atom stereocenters. The van der Waals surface area contributed by atoms with Gasteiger partial charge >= 0.3 is 0 Å². The minimum Gasteiger partial charge on any atom is -0.316 e. The van der Waals surface area contributed by atoms with Crippen molar-refractivity contribution in [3.8, 4) is 11.8 Å². The van der Waals surface area contributed by atoms with Crippen LogP contribution in [0.1, 0.15) is 26.2 Å². The van der Waals surface area contributed by atoms with Gasteiger partial charge < -0.3 is 5.32 Å². The number of ketones is 1. The topological polar surface area (TPSA) is 29.1 Å². The van der Waals surface area contributed by atoms with Crippen molar-refractivity contribution in [1.82, 2.24) is 5.32 Å². The maximum atomic E-state index is 11.3. The Morgan fingerprint density at radius 3 is 3.17 bits per heavy atom. The van der Waals surface area contributed by atoms with Crippen LogP contribution in [0.2, 0.25) is 0 Å². The Morgan fingerprint density at radius 2 is 2.50 bits per heavy atom. The molecule has 1 N–H and O–H groups in total. The fourth-order valence-electron chi connectivity index (χ4n) is 1.44. The number of Topliss-reactive ketones (excluding diaryl/α,β-unsaturated/α-hetero) is 1. The molecule has 0 radical (unpaired) electrons. The summed E-state index contributed by atoms with van der Waals surface area (Å²) in [7, 11) is 0. The van der Waals surface area contributed by atoms with Gasteiger partial charge in [-0.2, -0.15) is 0 Å². The lowest BCUT2D eigenvalue weighted by Crippen LogP contribution is -2.36. The van der Waals surface area contributed by atoms with E-state index in [9.17, 15) is 4.79 Å². The minimum absolute atomic E-state index is 0.222. The first-order valence-corrected chi connectivity index (χ1v) is 4.47. The molecule has 1 aliphatic heterocycles. The second-order valence-corrected chi connectivity index (χ2v) is 3.08. The van der Waals surface area contributed by atoms with Gasteiger partial charge in [-0.05, 0) is 13.3 Å². The van der Waals surface area contributed by atoms with E-state index in [-0.39, 0.29) is 5.92 Å². The summed E-state index contributed by atoms with van der Waals surface area (Å²) in [5.41, 5.74) is 0. The van der Waals surface area contributed by atoms with Gasteiger partial charge in [-0.15, -0.1) is 11.8 Å². The van der Waals surface area contributed by atoms with Crippen LogP contribution in [0.5, 0.6) is 0 Å². The molecule has 66 valence electrons. The third-order valence-corrected chi connectivity index (χ3v) is 2.19. The molecule has 2 heteroatoms. The molecule has 0 aliphatic carbocycles. The molecule has 0 spiro atoms. The average Bonchev–Trinajstić information content (AvgIpc) is 2.09. The first-order valence-electron chi connectivity index (χ1n) is 4.47. The van der Waals surface area contributed by atoms with E-state index in [1.807, 2.05) is 6.92 Å². The lowest BCUT2D eigenvalue weighted by molar-refractivity contribution is -0.124. The number of carbonyl (C=O) groups is 1. The van der Waals surface area contributed by atoms with E-state index in [1.165, 1.54) is 0 Å². The van der Waals surface area contributed by atoms with E-state index in [0.717, 1.165) is 25.9 Å². The fraction of sp³-hybridized carbons (Fsp3) is 0.700. The smallest absolute Gasteiger partial charge is 0.138 e. The number of piperidine rings is 1. The summed E-state index contributed by atoms with van der Waals surface area (Å²) in [5.74, 6) is 6.46. The van der Waals surface area contributed by atoms with Crippen LogP contribution in [0, 0.1) is 17.8 Å². The molecule has 1 aliphatic rings. The van der Waals surface area contributed by atoms with Gasteiger partial charge in [-0.25, -0.2) is 0 Å². The number of carbonyl (C=O) groups excluding carboxylic acids is 1. The lowest BCUT2D eigenvalue weighted by Gasteiger charge is -2.20. The van der Waals surface area contributed by atoms with E-state index in [4.69, 9.17) is 0 Å². The third-order valence-electron chi connectivity index (χ3n) is 2.19. The number of nitrogens with one attached hydrogen (secondary N) is 1. The predicted octanol–water partition coefficient (Wildman–Crippen LogP) is 0.968. The third kappa shape index (κ3) is 2.67. The largest absolute Gasteiger partial charge is 0.316 e. The van der Waals surface area contributed by atoms with Crippen LogP contribution in [-0.4, -0.2) is 18.9 Å². The highest BCUT2D eigenvalue weighted by Crippen LogP contribution is 2.11. The zero-order chi connectivity index (χ0) is 8.81. The monoisotopic (exact) mass is 165 g/mol. The highest BCUT2D eigenvalue weighted by molar-refractivity contribution is 5.82. The molecule has 1 saturated heterocycles. The lowest BCUT2D eigenvalue weighted by atomic mass is 9.93. The van der Waals surface area contributed by atoms with Gasteiger partial charge in [0.1, 0.15) is 5.78 Å².